The maximum absolute atomic E-state index is 13.5. The summed E-state index contributed by atoms with van der Waals surface area (Å²) in [7, 11) is 3.50. The largest absolute Gasteiger partial charge is 0.348 e. The van der Waals surface area contributed by atoms with Crippen LogP contribution in [0.5, 0.6) is 0 Å². The zero-order valence-corrected chi connectivity index (χ0v) is 19.8. The minimum Gasteiger partial charge on any atom is -0.348 e. The van der Waals surface area contributed by atoms with Crippen LogP contribution < -0.4 is 5.56 Å². The van der Waals surface area contributed by atoms with Crippen molar-refractivity contribution in [2.24, 2.45) is 5.92 Å². The van der Waals surface area contributed by atoms with E-state index in [1.165, 1.54) is 22.2 Å². The maximum Gasteiger partial charge on any atom is 0.263 e. The minimum atomic E-state index is -0.480. The number of amides is 1. The summed E-state index contributed by atoms with van der Waals surface area (Å²) in [5, 5.41) is 0.840. The van der Waals surface area contributed by atoms with Crippen LogP contribution in [0.3, 0.4) is 0 Å². The fourth-order valence-corrected chi connectivity index (χ4v) is 6.69. The predicted molar refractivity (Wildman–Crippen MR) is 129 cm³/mol. The average molecular weight is 454 g/mol. The van der Waals surface area contributed by atoms with Gasteiger partial charge in [-0.05, 0) is 36.3 Å². The van der Waals surface area contributed by atoms with E-state index in [2.05, 4.69) is 13.5 Å². The number of carbonyl (C=O) groups excluding carboxylic acids is 1. The first-order valence-electron chi connectivity index (χ1n) is 10.5. The van der Waals surface area contributed by atoms with Gasteiger partial charge < -0.3 is 4.90 Å². The van der Waals surface area contributed by atoms with Crippen LogP contribution in [0.1, 0.15) is 34.6 Å². The van der Waals surface area contributed by atoms with E-state index in [-0.39, 0.29) is 11.5 Å². The Kier molecular flexibility index (Phi) is 6.34. The Labute approximate surface area is 190 Å². The van der Waals surface area contributed by atoms with E-state index in [4.69, 9.17) is 4.98 Å². The second-order valence-electron chi connectivity index (χ2n) is 8.27. The zero-order chi connectivity index (χ0) is 22.1. The van der Waals surface area contributed by atoms with Gasteiger partial charge in [0.1, 0.15) is 10.1 Å². The SMILES string of the molecule is C=CCn1c(S[C@H](C(=O)N(C)C)c2ccccc2)nc2sc3c(c2c1=O)CC[C@@H](C)C3. The monoisotopic (exact) mass is 453 g/mol. The zero-order valence-electron chi connectivity index (χ0n) is 18.1. The predicted octanol–water partition coefficient (Wildman–Crippen LogP) is 4.69. The number of thiophene rings is 1. The van der Waals surface area contributed by atoms with Gasteiger partial charge in [-0.3, -0.25) is 14.2 Å². The van der Waals surface area contributed by atoms with Crippen LogP contribution in [0.2, 0.25) is 0 Å². The van der Waals surface area contributed by atoms with Crippen LogP contribution in [-0.4, -0.2) is 34.5 Å². The van der Waals surface area contributed by atoms with Gasteiger partial charge in [0.2, 0.25) is 5.91 Å². The van der Waals surface area contributed by atoms with Crippen molar-refractivity contribution >= 4 is 39.2 Å². The lowest BCUT2D eigenvalue weighted by atomic mass is 9.89. The van der Waals surface area contributed by atoms with Gasteiger partial charge in [-0.1, -0.05) is 55.1 Å². The molecule has 1 aliphatic carbocycles. The molecule has 0 N–H and O–H groups in total. The summed E-state index contributed by atoms with van der Waals surface area (Å²) in [6.45, 7) is 6.46. The Bertz CT molecular complexity index is 1180. The number of aryl methyl sites for hydroxylation is 1. The van der Waals surface area contributed by atoms with Gasteiger partial charge in [-0.2, -0.15) is 0 Å². The molecule has 0 saturated heterocycles. The second-order valence-corrected chi connectivity index (χ2v) is 10.4. The second kappa shape index (κ2) is 9.01. The molecule has 0 radical (unpaired) electrons. The van der Waals surface area contributed by atoms with Gasteiger partial charge in [0, 0.05) is 25.5 Å². The van der Waals surface area contributed by atoms with E-state index in [9.17, 15) is 9.59 Å². The molecule has 5 nitrogen and oxygen atoms in total. The highest BCUT2D eigenvalue weighted by atomic mass is 32.2. The highest BCUT2D eigenvalue weighted by Gasteiger charge is 2.28. The molecular weight excluding hydrogens is 426 g/mol. The molecule has 162 valence electrons. The van der Waals surface area contributed by atoms with Crippen LogP contribution in [-0.2, 0) is 24.2 Å². The summed E-state index contributed by atoms with van der Waals surface area (Å²) >= 11 is 2.98. The van der Waals surface area contributed by atoms with Crippen molar-refractivity contribution in [1.82, 2.24) is 14.5 Å². The van der Waals surface area contributed by atoms with Crippen molar-refractivity contribution < 1.29 is 4.79 Å². The highest BCUT2D eigenvalue weighted by Crippen LogP contribution is 2.39. The van der Waals surface area contributed by atoms with Crippen molar-refractivity contribution in [2.45, 2.75) is 43.1 Å². The number of thioether (sulfide) groups is 1. The quantitative estimate of drug-likeness (QED) is 0.309. The molecule has 0 bridgehead atoms. The van der Waals surface area contributed by atoms with Gasteiger partial charge in [0.15, 0.2) is 5.16 Å². The van der Waals surface area contributed by atoms with Crippen LogP contribution >= 0.6 is 23.1 Å². The van der Waals surface area contributed by atoms with Gasteiger partial charge in [-0.25, -0.2) is 4.98 Å². The van der Waals surface area contributed by atoms with E-state index in [1.807, 2.05) is 30.3 Å². The number of fused-ring (bicyclic) bond motifs is 3. The number of nitrogens with zero attached hydrogens (tertiary/aromatic N) is 3. The van der Waals surface area contributed by atoms with Gasteiger partial charge >= 0.3 is 0 Å². The number of hydrogen-bond acceptors (Lipinski definition) is 5. The summed E-state index contributed by atoms with van der Waals surface area (Å²) in [5.74, 6) is 0.597. The Hall–Kier alpha value is -2.38. The summed E-state index contributed by atoms with van der Waals surface area (Å²) < 4.78 is 1.67. The van der Waals surface area contributed by atoms with E-state index >= 15 is 0 Å². The molecule has 0 saturated carbocycles. The van der Waals surface area contributed by atoms with Gasteiger partial charge in [0.05, 0.1) is 5.39 Å². The molecule has 2 aromatic heterocycles. The maximum atomic E-state index is 13.5. The van der Waals surface area contributed by atoms with Crippen LogP contribution in [0, 0.1) is 5.92 Å². The van der Waals surface area contributed by atoms with Gasteiger partial charge in [-0.15, -0.1) is 17.9 Å². The third-order valence-corrected chi connectivity index (χ3v) is 8.06. The Balaban J connectivity index is 1.85. The first kappa shape index (κ1) is 21.8. The minimum absolute atomic E-state index is 0.0245. The van der Waals surface area contributed by atoms with Crippen molar-refractivity contribution in [3.63, 3.8) is 0 Å². The lowest BCUT2D eigenvalue weighted by Gasteiger charge is -2.21. The van der Waals surface area contributed by atoms with Crippen molar-refractivity contribution in [1.29, 1.82) is 0 Å². The fraction of sp³-hybridized carbons (Fsp3) is 0.375. The van der Waals surface area contributed by atoms with E-state index in [0.717, 1.165) is 35.0 Å². The van der Waals surface area contributed by atoms with Gasteiger partial charge in [0.25, 0.3) is 5.56 Å². The molecule has 0 fully saturated rings. The van der Waals surface area contributed by atoms with Crippen LogP contribution in [0.15, 0.2) is 52.9 Å². The lowest BCUT2D eigenvalue weighted by Crippen LogP contribution is -2.28. The molecule has 2 heterocycles. The number of carbonyl (C=O) groups is 1. The van der Waals surface area contributed by atoms with E-state index in [0.29, 0.717) is 17.6 Å². The third kappa shape index (κ3) is 4.21. The number of hydrogen-bond donors (Lipinski definition) is 0. The molecule has 2 atom stereocenters. The van der Waals surface area contributed by atoms with Crippen LogP contribution in [0.4, 0.5) is 0 Å². The number of aromatic nitrogens is 2. The summed E-state index contributed by atoms with van der Waals surface area (Å²) in [6.07, 6.45) is 4.75. The van der Waals surface area contributed by atoms with Crippen molar-refractivity contribution in [3.05, 3.63) is 69.3 Å². The summed E-state index contributed by atoms with van der Waals surface area (Å²) in [5.41, 5.74) is 2.04. The smallest absolute Gasteiger partial charge is 0.263 e. The number of likely N-dealkylation sites (N-methyl/N-ethyl adjacent to an activating group) is 1. The molecule has 31 heavy (non-hydrogen) atoms. The Morgan fingerprint density at radius 1 is 1.39 bits per heavy atom. The third-order valence-electron chi connectivity index (χ3n) is 5.68. The lowest BCUT2D eigenvalue weighted by molar-refractivity contribution is -0.128. The first-order chi connectivity index (χ1) is 14.9. The molecule has 0 unspecified atom stereocenters. The molecule has 0 aliphatic heterocycles. The molecular formula is C24H27N3O2S2. The van der Waals surface area contributed by atoms with Crippen molar-refractivity contribution in [2.75, 3.05) is 14.1 Å². The normalized spacial score (nSPS) is 16.7. The standard InChI is InChI=1S/C24H27N3O2S2/c1-5-13-27-22(28)19-17-12-11-15(2)14-18(17)30-21(19)25-24(27)31-20(23(29)26(3)4)16-9-7-6-8-10-16/h5-10,15,20H,1,11-14H2,2-4H3/t15-,20+/m1/s1. The average Bonchev–Trinajstić information content (AvgIpc) is 3.11. The van der Waals surface area contributed by atoms with Crippen molar-refractivity contribution in [3.8, 4) is 0 Å². The highest BCUT2D eigenvalue weighted by molar-refractivity contribution is 8.00. The topological polar surface area (TPSA) is 55.2 Å². The number of allylic oxidation sites excluding steroid dienone is 1. The molecule has 7 heteroatoms. The van der Waals surface area contributed by atoms with Crippen LogP contribution in [0.25, 0.3) is 10.2 Å². The molecule has 1 aliphatic rings. The molecule has 1 amide bonds. The molecule has 1 aromatic carbocycles. The number of rotatable bonds is 6. The summed E-state index contributed by atoms with van der Waals surface area (Å²) in [4.78, 5) is 35.2. The first-order valence-corrected chi connectivity index (χ1v) is 12.2. The number of benzene rings is 1. The Morgan fingerprint density at radius 2 is 2.13 bits per heavy atom. The fourth-order valence-electron chi connectivity index (χ4n) is 4.01. The molecule has 4 rings (SSSR count). The Morgan fingerprint density at radius 3 is 2.81 bits per heavy atom. The van der Waals surface area contributed by atoms with E-state index in [1.54, 1.807) is 41.0 Å². The molecule has 3 aromatic rings. The molecule has 0 spiro atoms. The van der Waals surface area contributed by atoms with E-state index < -0.39 is 5.25 Å². The summed E-state index contributed by atoms with van der Waals surface area (Å²) in [6, 6.07) is 9.67.